The number of amides is 1. The third kappa shape index (κ3) is 5.45. The van der Waals surface area contributed by atoms with Crippen molar-refractivity contribution in [3.05, 3.63) is 29.8 Å². The van der Waals surface area contributed by atoms with E-state index in [1.807, 2.05) is 0 Å². The Morgan fingerprint density at radius 1 is 1.22 bits per heavy atom. The zero-order valence-corrected chi connectivity index (χ0v) is 19.1. The Labute approximate surface area is 187 Å². The van der Waals surface area contributed by atoms with Crippen LogP contribution in [0.2, 0.25) is 0 Å². The van der Waals surface area contributed by atoms with E-state index in [9.17, 15) is 22.8 Å². The van der Waals surface area contributed by atoms with Crippen LogP contribution in [0.4, 0.5) is 0 Å². The van der Waals surface area contributed by atoms with Crippen LogP contribution >= 0.6 is 0 Å². The number of sulfonamides is 1. The minimum Gasteiger partial charge on any atom is -0.460 e. The summed E-state index contributed by atoms with van der Waals surface area (Å²) in [4.78, 5) is 37.2. The maximum absolute atomic E-state index is 12.9. The van der Waals surface area contributed by atoms with Gasteiger partial charge < -0.3 is 19.5 Å². The number of carbonyl (C=O) groups is 3. The van der Waals surface area contributed by atoms with Crippen molar-refractivity contribution in [2.75, 3.05) is 26.3 Å². The fourth-order valence-electron chi connectivity index (χ4n) is 3.49. The minimum atomic E-state index is -3.78. The van der Waals surface area contributed by atoms with Gasteiger partial charge >= 0.3 is 11.9 Å². The number of hydrogen-bond acceptors (Lipinski definition) is 8. The summed E-state index contributed by atoms with van der Waals surface area (Å²) >= 11 is 0. The highest BCUT2D eigenvalue weighted by Crippen LogP contribution is 2.20. The molecule has 1 amide bonds. The van der Waals surface area contributed by atoms with Crippen LogP contribution < -0.4 is 5.32 Å². The van der Waals surface area contributed by atoms with Crippen LogP contribution in [0.15, 0.2) is 29.2 Å². The summed E-state index contributed by atoms with van der Waals surface area (Å²) in [6.07, 6.45) is -1.09. The first kappa shape index (κ1) is 24.1. The van der Waals surface area contributed by atoms with Gasteiger partial charge in [0.05, 0.1) is 18.1 Å². The Bertz CT molecular complexity index is 972. The van der Waals surface area contributed by atoms with E-state index in [2.05, 4.69) is 5.32 Å². The van der Waals surface area contributed by atoms with Gasteiger partial charge in [-0.3, -0.25) is 4.79 Å². The lowest BCUT2D eigenvalue weighted by Crippen LogP contribution is -2.46. The Hall–Kier alpha value is -2.50. The third-order valence-corrected chi connectivity index (χ3v) is 7.19. The molecule has 0 aliphatic carbocycles. The summed E-state index contributed by atoms with van der Waals surface area (Å²) in [5, 5.41) is 2.60. The monoisotopic (exact) mass is 468 g/mol. The van der Waals surface area contributed by atoms with Crippen LogP contribution in [0.5, 0.6) is 0 Å². The first-order chi connectivity index (χ1) is 15.1. The summed E-state index contributed by atoms with van der Waals surface area (Å²) in [7, 11) is -3.78. The largest absolute Gasteiger partial charge is 0.460 e. The highest BCUT2D eigenvalue weighted by atomic mass is 32.2. The number of rotatable bonds is 7. The van der Waals surface area contributed by atoms with E-state index in [1.54, 1.807) is 20.8 Å². The molecular weight excluding hydrogens is 440 g/mol. The van der Waals surface area contributed by atoms with Crippen molar-refractivity contribution in [3.63, 3.8) is 0 Å². The number of ether oxygens (including phenoxy) is 3. The van der Waals surface area contributed by atoms with Crippen molar-refractivity contribution in [3.8, 4) is 0 Å². The molecule has 32 heavy (non-hydrogen) atoms. The first-order valence-corrected chi connectivity index (χ1v) is 11.9. The summed E-state index contributed by atoms with van der Waals surface area (Å²) in [5.41, 5.74) is 0.0895. The fraction of sp³-hybridized carbons (Fsp3) is 0.571. The number of cyclic esters (lactones) is 1. The SMILES string of the molecule is CC1CC(OC(=O)[C@@H](NC(=O)c2cccc(S(=O)(=O)N3CCOCC3)c2)C(C)C)C(=O)O1. The average molecular weight is 469 g/mol. The Morgan fingerprint density at radius 2 is 1.91 bits per heavy atom. The maximum atomic E-state index is 12.9. The van der Waals surface area contributed by atoms with E-state index in [0.29, 0.717) is 13.2 Å². The number of esters is 2. The quantitative estimate of drug-likeness (QED) is 0.580. The van der Waals surface area contributed by atoms with Gasteiger partial charge in [0.2, 0.25) is 16.1 Å². The van der Waals surface area contributed by atoms with Gasteiger partial charge in [0, 0.05) is 25.1 Å². The number of nitrogens with one attached hydrogen (secondary N) is 1. The molecule has 11 heteroatoms. The smallest absolute Gasteiger partial charge is 0.347 e. The number of nitrogens with zero attached hydrogens (tertiary/aromatic N) is 1. The van der Waals surface area contributed by atoms with Crippen molar-refractivity contribution in [2.24, 2.45) is 5.92 Å². The molecule has 0 bridgehead atoms. The molecule has 0 spiro atoms. The van der Waals surface area contributed by atoms with Gasteiger partial charge in [-0.2, -0.15) is 4.31 Å². The molecule has 2 aliphatic heterocycles. The molecule has 2 fully saturated rings. The van der Waals surface area contributed by atoms with Crippen molar-refractivity contribution in [2.45, 2.75) is 50.3 Å². The molecule has 176 valence electrons. The van der Waals surface area contributed by atoms with Crippen molar-refractivity contribution in [1.29, 1.82) is 0 Å². The predicted octanol–water partition coefficient (Wildman–Crippen LogP) is 0.709. The molecule has 1 aromatic carbocycles. The van der Waals surface area contributed by atoms with Crippen molar-refractivity contribution >= 4 is 27.9 Å². The maximum Gasteiger partial charge on any atom is 0.347 e. The molecule has 0 saturated carbocycles. The molecule has 0 radical (unpaired) electrons. The topological polar surface area (TPSA) is 128 Å². The molecule has 2 aliphatic rings. The highest BCUT2D eigenvalue weighted by molar-refractivity contribution is 7.89. The van der Waals surface area contributed by atoms with Gasteiger partial charge in [-0.15, -0.1) is 0 Å². The third-order valence-electron chi connectivity index (χ3n) is 5.30. The molecule has 2 heterocycles. The van der Waals surface area contributed by atoms with Crippen molar-refractivity contribution in [1.82, 2.24) is 9.62 Å². The number of morpholine rings is 1. The van der Waals surface area contributed by atoms with Gasteiger partial charge in [0.25, 0.3) is 5.91 Å². The molecule has 0 aromatic heterocycles. The lowest BCUT2D eigenvalue weighted by molar-refractivity contribution is -0.162. The second kappa shape index (κ2) is 9.97. The molecule has 3 atom stereocenters. The summed E-state index contributed by atoms with van der Waals surface area (Å²) < 4.78 is 42.5. The van der Waals surface area contributed by atoms with Crippen LogP contribution in [-0.2, 0) is 33.8 Å². The van der Waals surface area contributed by atoms with Gasteiger partial charge in [-0.25, -0.2) is 18.0 Å². The second-order valence-electron chi connectivity index (χ2n) is 8.15. The zero-order chi connectivity index (χ0) is 23.5. The molecule has 3 rings (SSSR count). The van der Waals surface area contributed by atoms with E-state index in [1.165, 1.54) is 28.6 Å². The summed E-state index contributed by atoms with van der Waals surface area (Å²) in [6.45, 7) is 6.24. The predicted molar refractivity (Wildman–Crippen MR) is 112 cm³/mol. The van der Waals surface area contributed by atoms with Crippen LogP contribution in [-0.4, -0.2) is 75.1 Å². The van der Waals surface area contributed by atoms with Gasteiger partial charge in [-0.05, 0) is 31.0 Å². The van der Waals surface area contributed by atoms with Crippen LogP contribution in [0.25, 0.3) is 0 Å². The molecule has 1 N–H and O–H groups in total. The number of carbonyl (C=O) groups excluding carboxylic acids is 3. The highest BCUT2D eigenvalue weighted by Gasteiger charge is 2.37. The standard InChI is InChI=1S/C21H28N2O8S/c1-13(2)18(21(26)31-17-11-14(3)30-20(17)25)22-19(24)15-5-4-6-16(12-15)32(27,28)23-7-9-29-10-8-23/h4-6,12-14,17-18H,7-11H2,1-3H3,(H,22,24)/t14?,17?,18-/m0/s1. The van der Waals surface area contributed by atoms with Crippen LogP contribution in [0.3, 0.4) is 0 Å². The van der Waals surface area contributed by atoms with Gasteiger partial charge in [0.1, 0.15) is 12.1 Å². The number of benzene rings is 1. The van der Waals surface area contributed by atoms with Gasteiger partial charge in [0.15, 0.2) is 0 Å². The summed E-state index contributed by atoms with van der Waals surface area (Å²) in [6, 6.07) is 4.61. The fourth-order valence-corrected chi connectivity index (χ4v) is 4.94. The molecule has 2 unspecified atom stereocenters. The minimum absolute atomic E-state index is 0.0154. The molecule has 2 saturated heterocycles. The number of hydrogen-bond donors (Lipinski definition) is 1. The first-order valence-electron chi connectivity index (χ1n) is 10.5. The lowest BCUT2D eigenvalue weighted by Gasteiger charge is -2.26. The molecule has 10 nitrogen and oxygen atoms in total. The Balaban J connectivity index is 1.72. The Kier molecular flexibility index (Phi) is 7.52. The van der Waals surface area contributed by atoms with E-state index < -0.39 is 40.0 Å². The normalized spacial score (nSPS) is 22.9. The van der Waals surface area contributed by atoms with E-state index >= 15 is 0 Å². The van der Waals surface area contributed by atoms with E-state index in [0.717, 1.165) is 0 Å². The van der Waals surface area contributed by atoms with E-state index in [-0.39, 0.29) is 42.0 Å². The zero-order valence-electron chi connectivity index (χ0n) is 18.3. The summed E-state index contributed by atoms with van der Waals surface area (Å²) in [5.74, 6) is -2.31. The second-order valence-corrected chi connectivity index (χ2v) is 10.1. The van der Waals surface area contributed by atoms with Crippen LogP contribution in [0, 0.1) is 5.92 Å². The molecular formula is C21H28N2O8S. The van der Waals surface area contributed by atoms with E-state index in [4.69, 9.17) is 14.2 Å². The Morgan fingerprint density at radius 3 is 2.50 bits per heavy atom. The van der Waals surface area contributed by atoms with Gasteiger partial charge in [-0.1, -0.05) is 19.9 Å². The average Bonchev–Trinajstić information content (AvgIpc) is 3.08. The molecule has 1 aromatic rings. The van der Waals surface area contributed by atoms with Crippen LogP contribution in [0.1, 0.15) is 37.6 Å². The van der Waals surface area contributed by atoms with Crippen molar-refractivity contribution < 1.29 is 37.0 Å². The lowest BCUT2D eigenvalue weighted by atomic mass is 10.0.